The molecule has 9 heteroatoms. The van der Waals surface area contributed by atoms with Crippen LogP contribution in [0.4, 0.5) is 0 Å². The average molecular weight is 407 g/mol. The van der Waals surface area contributed by atoms with Crippen LogP contribution in [0.5, 0.6) is 5.75 Å². The Hall–Kier alpha value is -2.55. The van der Waals surface area contributed by atoms with Crippen molar-refractivity contribution in [3.05, 3.63) is 24.3 Å². The molecule has 0 aliphatic heterocycles. The van der Waals surface area contributed by atoms with E-state index >= 15 is 0 Å². The van der Waals surface area contributed by atoms with E-state index in [0.29, 0.717) is 16.7 Å². The zero-order valence-corrected chi connectivity index (χ0v) is 17.5. The van der Waals surface area contributed by atoms with Gasteiger partial charge in [0.2, 0.25) is 5.91 Å². The first-order valence-electron chi connectivity index (χ1n) is 8.89. The number of ether oxygens (including phenoxy) is 1. The number of carboxylic acids is 1. The van der Waals surface area contributed by atoms with Crippen molar-refractivity contribution in [2.75, 3.05) is 7.11 Å². The van der Waals surface area contributed by atoms with Crippen LogP contribution in [0.3, 0.4) is 0 Å². The predicted octanol–water partition coefficient (Wildman–Crippen LogP) is 2.82. The van der Waals surface area contributed by atoms with Gasteiger partial charge < -0.3 is 19.7 Å². The third-order valence-corrected chi connectivity index (χ3v) is 4.84. The number of carboxylic acid groups (broad SMARTS) is 1. The highest BCUT2D eigenvalue weighted by Gasteiger charge is 2.24. The second-order valence-electron chi connectivity index (χ2n) is 7.33. The molecule has 152 valence electrons. The standard InChI is InChI=1S/C19H26N4O4S/c1-12(17(26)20-19(2,3)4)28-18-22-21-16(23(18)11-10-15(24)25)13-6-8-14(27-5)9-7-13/h6-9,12H,10-11H2,1-5H3,(H,20,26)(H,24,25)/t12-/m1/s1. The molecule has 0 spiro atoms. The lowest BCUT2D eigenvalue weighted by Gasteiger charge is -2.23. The van der Waals surface area contributed by atoms with Gasteiger partial charge >= 0.3 is 5.97 Å². The number of hydrogen-bond acceptors (Lipinski definition) is 6. The molecule has 0 saturated heterocycles. The molecule has 1 heterocycles. The fourth-order valence-corrected chi connectivity index (χ4v) is 3.30. The Bertz CT molecular complexity index is 827. The van der Waals surface area contributed by atoms with Crippen LogP contribution in [0.1, 0.15) is 34.1 Å². The first-order valence-corrected chi connectivity index (χ1v) is 9.77. The van der Waals surface area contributed by atoms with Crippen LogP contribution in [0.25, 0.3) is 11.4 Å². The van der Waals surface area contributed by atoms with E-state index in [1.807, 2.05) is 32.9 Å². The predicted molar refractivity (Wildman–Crippen MR) is 107 cm³/mol. The van der Waals surface area contributed by atoms with E-state index in [2.05, 4.69) is 15.5 Å². The number of aromatic nitrogens is 3. The number of carbonyl (C=O) groups is 2. The molecule has 0 aliphatic carbocycles. The van der Waals surface area contributed by atoms with Crippen molar-refractivity contribution in [1.29, 1.82) is 0 Å². The van der Waals surface area contributed by atoms with Gasteiger partial charge in [-0.3, -0.25) is 9.59 Å². The van der Waals surface area contributed by atoms with Crippen molar-refractivity contribution >= 4 is 23.6 Å². The van der Waals surface area contributed by atoms with E-state index in [0.717, 1.165) is 5.56 Å². The molecule has 1 atom stereocenters. The highest BCUT2D eigenvalue weighted by molar-refractivity contribution is 8.00. The highest BCUT2D eigenvalue weighted by Crippen LogP contribution is 2.28. The summed E-state index contributed by atoms with van der Waals surface area (Å²) in [5.74, 6) is 0.234. The first kappa shape index (κ1) is 21.7. The summed E-state index contributed by atoms with van der Waals surface area (Å²) in [6.07, 6.45) is -0.0721. The number of nitrogens with one attached hydrogen (secondary N) is 1. The molecule has 28 heavy (non-hydrogen) atoms. The van der Waals surface area contributed by atoms with E-state index in [4.69, 9.17) is 9.84 Å². The fraction of sp³-hybridized carbons (Fsp3) is 0.474. The van der Waals surface area contributed by atoms with Gasteiger partial charge in [-0.25, -0.2) is 0 Å². The van der Waals surface area contributed by atoms with Gasteiger partial charge in [0, 0.05) is 17.6 Å². The third-order valence-electron chi connectivity index (χ3n) is 3.76. The van der Waals surface area contributed by atoms with Crippen LogP contribution < -0.4 is 10.1 Å². The summed E-state index contributed by atoms with van der Waals surface area (Å²) in [6.45, 7) is 7.74. The largest absolute Gasteiger partial charge is 0.497 e. The van der Waals surface area contributed by atoms with Gasteiger partial charge in [-0.1, -0.05) is 11.8 Å². The SMILES string of the molecule is COc1ccc(-c2nnc(S[C@H](C)C(=O)NC(C)(C)C)n2CCC(=O)O)cc1. The monoisotopic (exact) mass is 406 g/mol. The molecule has 1 amide bonds. The Morgan fingerprint density at radius 3 is 2.43 bits per heavy atom. The lowest BCUT2D eigenvalue weighted by Crippen LogP contribution is -2.44. The Labute approximate surface area is 168 Å². The summed E-state index contributed by atoms with van der Waals surface area (Å²) >= 11 is 1.25. The summed E-state index contributed by atoms with van der Waals surface area (Å²) < 4.78 is 6.91. The second kappa shape index (κ2) is 9.09. The van der Waals surface area contributed by atoms with Gasteiger partial charge in [0.25, 0.3) is 0 Å². The second-order valence-corrected chi connectivity index (χ2v) is 8.64. The molecule has 0 saturated carbocycles. The van der Waals surface area contributed by atoms with Crippen molar-refractivity contribution < 1.29 is 19.4 Å². The van der Waals surface area contributed by atoms with Crippen molar-refractivity contribution in [3.63, 3.8) is 0 Å². The molecule has 1 aromatic carbocycles. The maximum Gasteiger partial charge on any atom is 0.305 e. The Morgan fingerprint density at radius 2 is 1.89 bits per heavy atom. The summed E-state index contributed by atoms with van der Waals surface area (Å²) in [5, 5.41) is 20.6. The topological polar surface area (TPSA) is 106 Å². The molecule has 0 bridgehead atoms. The number of aliphatic carboxylic acids is 1. The number of benzene rings is 1. The van der Waals surface area contributed by atoms with Crippen LogP contribution in [0.15, 0.2) is 29.4 Å². The van der Waals surface area contributed by atoms with E-state index in [1.165, 1.54) is 11.8 Å². The molecule has 0 unspecified atom stereocenters. The summed E-state index contributed by atoms with van der Waals surface area (Å²) in [5.41, 5.74) is 0.453. The molecule has 2 rings (SSSR count). The molecule has 0 fully saturated rings. The summed E-state index contributed by atoms with van der Waals surface area (Å²) in [6, 6.07) is 7.28. The third kappa shape index (κ3) is 5.98. The smallest absolute Gasteiger partial charge is 0.305 e. The van der Waals surface area contributed by atoms with Crippen LogP contribution >= 0.6 is 11.8 Å². The lowest BCUT2D eigenvalue weighted by molar-refractivity contribution is -0.137. The number of hydrogen-bond donors (Lipinski definition) is 2. The highest BCUT2D eigenvalue weighted by atomic mass is 32.2. The van der Waals surface area contributed by atoms with Crippen LogP contribution in [0.2, 0.25) is 0 Å². The van der Waals surface area contributed by atoms with Crippen molar-refractivity contribution in [2.24, 2.45) is 0 Å². The summed E-state index contributed by atoms with van der Waals surface area (Å²) in [7, 11) is 1.59. The van der Waals surface area contributed by atoms with Crippen LogP contribution in [0, 0.1) is 0 Å². The van der Waals surface area contributed by atoms with Crippen LogP contribution in [-0.4, -0.2) is 49.6 Å². The zero-order chi connectivity index (χ0) is 20.9. The van der Waals surface area contributed by atoms with E-state index < -0.39 is 11.2 Å². The molecular weight excluding hydrogens is 380 g/mol. The maximum absolute atomic E-state index is 12.4. The Balaban J connectivity index is 2.29. The number of carbonyl (C=O) groups excluding carboxylic acids is 1. The van der Waals surface area contributed by atoms with Gasteiger partial charge in [0.05, 0.1) is 18.8 Å². The minimum Gasteiger partial charge on any atom is -0.497 e. The Morgan fingerprint density at radius 1 is 1.25 bits per heavy atom. The maximum atomic E-state index is 12.4. The van der Waals surface area contributed by atoms with E-state index in [-0.39, 0.29) is 24.4 Å². The summed E-state index contributed by atoms with van der Waals surface area (Å²) in [4.78, 5) is 23.5. The minimum atomic E-state index is -0.913. The van der Waals surface area contributed by atoms with Crippen molar-refractivity contribution in [2.45, 2.75) is 56.6 Å². The van der Waals surface area contributed by atoms with E-state index in [1.54, 1.807) is 30.7 Å². The number of rotatable bonds is 8. The van der Waals surface area contributed by atoms with Gasteiger partial charge in [-0.2, -0.15) is 0 Å². The molecular formula is C19H26N4O4S. The average Bonchev–Trinajstić information content (AvgIpc) is 3.01. The quantitative estimate of drug-likeness (QED) is 0.649. The molecule has 0 aliphatic rings. The van der Waals surface area contributed by atoms with Gasteiger partial charge in [-0.15, -0.1) is 10.2 Å². The molecule has 1 aromatic heterocycles. The minimum absolute atomic E-state index is 0.0721. The molecule has 2 aromatic rings. The number of methoxy groups -OCH3 is 1. The number of amides is 1. The van der Waals surface area contributed by atoms with Gasteiger partial charge in [-0.05, 0) is 52.0 Å². The zero-order valence-electron chi connectivity index (χ0n) is 16.7. The van der Waals surface area contributed by atoms with Crippen molar-refractivity contribution in [3.8, 4) is 17.1 Å². The van der Waals surface area contributed by atoms with Gasteiger partial charge in [0.1, 0.15) is 5.75 Å². The number of thioether (sulfide) groups is 1. The first-order chi connectivity index (χ1) is 13.1. The lowest BCUT2D eigenvalue weighted by atomic mass is 10.1. The Kier molecular flexibility index (Phi) is 7.06. The van der Waals surface area contributed by atoms with Gasteiger partial charge in [0.15, 0.2) is 11.0 Å². The normalized spacial score (nSPS) is 12.5. The van der Waals surface area contributed by atoms with E-state index in [9.17, 15) is 9.59 Å². The molecule has 8 nitrogen and oxygen atoms in total. The number of nitrogens with zero attached hydrogens (tertiary/aromatic N) is 3. The van der Waals surface area contributed by atoms with Crippen molar-refractivity contribution in [1.82, 2.24) is 20.1 Å². The fourth-order valence-electron chi connectivity index (χ4n) is 2.42. The molecule has 0 radical (unpaired) electrons. The van der Waals surface area contributed by atoms with Crippen LogP contribution in [-0.2, 0) is 16.1 Å². The molecule has 2 N–H and O–H groups in total.